The molecule has 3 aromatic carbocycles. The van der Waals surface area contributed by atoms with Gasteiger partial charge in [-0.1, -0.05) is 47.0 Å². The van der Waals surface area contributed by atoms with Crippen LogP contribution in [0.4, 0.5) is 5.69 Å². The smallest absolute Gasteiger partial charge is 0.335 e. The highest BCUT2D eigenvalue weighted by molar-refractivity contribution is 6.70. The zero-order chi connectivity index (χ0) is 30.6. The lowest BCUT2D eigenvalue weighted by molar-refractivity contribution is -0.119. The maximum atomic E-state index is 13.7. The van der Waals surface area contributed by atoms with E-state index in [4.69, 9.17) is 16.3 Å². The number of carbonyl (C=O) groups is 3. The zero-order valence-electron chi connectivity index (χ0n) is 23.7. The normalized spacial score (nSPS) is 11.9. The van der Waals surface area contributed by atoms with Gasteiger partial charge in [0.05, 0.1) is 42.4 Å². The Kier molecular flexibility index (Phi) is 9.12. The van der Waals surface area contributed by atoms with Gasteiger partial charge < -0.3 is 15.2 Å². The number of carbonyl (C=O) groups excluding carboxylic acids is 2. The quantitative estimate of drug-likeness (QED) is 0.220. The van der Waals surface area contributed by atoms with Gasteiger partial charge in [0.15, 0.2) is 0 Å². The van der Waals surface area contributed by atoms with Crippen LogP contribution in [-0.2, 0) is 11.2 Å². The van der Waals surface area contributed by atoms with Crippen molar-refractivity contribution in [2.24, 2.45) is 0 Å². The third-order valence-electron chi connectivity index (χ3n) is 6.77. The fourth-order valence-electron chi connectivity index (χ4n) is 4.56. The number of nitrogens with zero attached hydrogens (tertiary/aromatic N) is 1. The second kappa shape index (κ2) is 12.6. The van der Waals surface area contributed by atoms with Crippen LogP contribution in [0.5, 0.6) is 5.75 Å². The van der Waals surface area contributed by atoms with Crippen LogP contribution in [0.25, 0.3) is 11.1 Å². The van der Waals surface area contributed by atoms with Gasteiger partial charge in [0, 0.05) is 34.3 Å². The number of anilines is 1. The van der Waals surface area contributed by atoms with E-state index < -0.39 is 28.6 Å². The first-order valence-corrected chi connectivity index (χ1v) is 13.6. The molecule has 0 unspecified atom stereocenters. The summed E-state index contributed by atoms with van der Waals surface area (Å²) in [6, 6.07) is 20.2. The maximum Gasteiger partial charge on any atom is 0.335 e. The van der Waals surface area contributed by atoms with Crippen molar-refractivity contribution in [2.45, 2.75) is 17.6 Å². The Morgan fingerprint density at radius 1 is 0.976 bits per heavy atom. The molecular formula is C30H28B3ClN2O6. The Labute approximate surface area is 250 Å². The number of carboxylic acid groups (broad SMARTS) is 1. The van der Waals surface area contributed by atoms with Crippen LogP contribution in [-0.4, -0.2) is 58.0 Å². The Hall–Kier alpha value is -4.50. The van der Waals surface area contributed by atoms with Gasteiger partial charge in [-0.05, 0) is 53.6 Å². The second-order valence-corrected chi connectivity index (χ2v) is 11.3. The zero-order valence-corrected chi connectivity index (χ0v) is 24.4. The highest BCUT2D eigenvalue weighted by Gasteiger charge is 2.28. The number of halogens is 1. The molecular weight excluding hydrogens is 552 g/mol. The lowest BCUT2D eigenvalue weighted by Crippen LogP contribution is -2.34. The number of hydrogen-bond acceptors (Lipinski definition) is 5. The number of nitrogens with one attached hydrogen (secondary N) is 1. The number of rotatable bonds is 10. The predicted molar refractivity (Wildman–Crippen MR) is 172 cm³/mol. The molecule has 1 atom stereocenters. The van der Waals surface area contributed by atoms with Crippen LogP contribution in [0, 0.1) is 0 Å². The van der Waals surface area contributed by atoms with E-state index >= 15 is 0 Å². The number of Topliss-reactive ketones (excluding diaryl/α,β-unsaturated/α-hetero) is 1. The molecule has 2 N–H and O–H groups in total. The van der Waals surface area contributed by atoms with Crippen molar-refractivity contribution in [2.75, 3.05) is 12.4 Å². The van der Waals surface area contributed by atoms with Gasteiger partial charge in [-0.25, -0.2) is 4.79 Å². The summed E-state index contributed by atoms with van der Waals surface area (Å²) in [6.07, 6.45) is 1.65. The average molecular weight is 580 g/mol. The number of methoxy groups -OCH3 is 1. The summed E-state index contributed by atoms with van der Waals surface area (Å²) in [6.45, 7) is 0. The lowest BCUT2D eigenvalue weighted by Gasteiger charge is -2.23. The van der Waals surface area contributed by atoms with Gasteiger partial charge in [0.1, 0.15) is 17.6 Å². The van der Waals surface area contributed by atoms with E-state index in [-0.39, 0.29) is 23.5 Å². The first-order chi connectivity index (χ1) is 19.9. The van der Waals surface area contributed by atoms with Gasteiger partial charge in [-0.2, -0.15) is 0 Å². The number of ether oxygens (including phenoxy) is 1. The molecule has 4 rings (SSSR count). The first-order valence-electron chi connectivity index (χ1n) is 13.2. The molecule has 12 heteroatoms. The minimum Gasteiger partial charge on any atom is -0.495 e. The fourth-order valence-corrected chi connectivity index (χ4v) is 4.74. The second-order valence-electron chi connectivity index (χ2n) is 10.8. The highest BCUT2D eigenvalue weighted by Crippen LogP contribution is 2.36. The van der Waals surface area contributed by atoms with Crippen LogP contribution >= 0.6 is 11.6 Å². The molecule has 1 aromatic heterocycles. The van der Waals surface area contributed by atoms with E-state index in [1.54, 1.807) is 18.2 Å². The lowest BCUT2D eigenvalue weighted by atomic mass is 9.40. The third-order valence-corrected chi connectivity index (χ3v) is 7.01. The van der Waals surface area contributed by atoms with Crippen molar-refractivity contribution in [3.63, 3.8) is 0 Å². The minimum atomic E-state index is -1.08. The minimum absolute atomic E-state index is 0.0794. The number of hydrogen-bond donors (Lipinski definition) is 2. The Morgan fingerprint density at radius 3 is 2.24 bits per heavy atom. The molecule has 0 aliphatic heterocycles. The van der Waals surface area contributed by atoms with Crippen molar-refractivity contribution in [3.05, 3.63) is 117 Å². The molecule has 0 bridgehead atoms. The number of aromatic nitrogens is 1. The number of ketones is 1. The molecule has 0 radical (unpaired) electrons. The topological polar surface area (TPSA) is 115 Å². The number of carboxylic acids is 1. The predicted octanol–water partition coefficient (Wildman–Crippen LogP) is 2.45. The van der Waals surface area contributed by atoms with E-state index in [1.165, 1.54) is 48.2 Å². The molecule has 42 heavy (non-hydrogen) atoms. The maximum absolute atomic E-state index is 13.7. The molecule has 0 fully saturated rings. The van der Waals surface area contributed by atoms with E-state index in [2.05, 4.69) is 5.32 Å². The molecule has 210 valence electrons. The molecule has 0 saturated carbocycles. The van der Waals surface area contributed by atoms with Crippen LogP contribution in [0.15, 0.2) is 89.9 Å². The summed E-state index contributed by atoms with van der Waals surface area (Å²) in [7, 11) is 6.88. The van der Waals surface area contributed by atoms with E-state index in [0.717, 1.165) is 5.56 Å². The highest BCUT2D eigenvalue weighted by atomic mass is 35.5. The first kappa shape index (κ1) is 30.5. The summed E-state index contributed by atoms with van der Waals surface area (Å²) in [5.41, 5.74) is 2.01. The molecule has 1 amide bonds. The summed E-state index contributed by atoms with van der Waals surface area (Å²) in [4.78, 5) is 51.9. The number of aromatic carboxylic acids is 1. The van der Waals surface area contributed by atoms with Crippen LogP contribution < -0.4 is 15.6 Å². The van der Waals surface area contributed by atoms with Gasteiger partial charge in [0.25, 0.3) is 5.56 Å². The van der Waals surface area contributed by atoms with Gasteiger partial charge in [-0.3, -0.25) is 19.0 Å². The summed E-state index contributed by atoms with van der Waals surface area (Å²) >= 11 is 6.32. The van der Waals surface area contributed by atoms with E-state index in [9.17, 15) is 24.3 Å². The van der Waals surface area contributed by atoms with Crippen molar-refractivity contribution in [1.29, 1.82) is 0 Å². The van der Waals surface area contributed by atoms with Gasteiger partial charge >= 0.3 is 5.97 Å². The van der Waals surface area contributed by atoms with Crippen molar-refractivity contribution in [3.8, 4) is 16.9 Å². The average Bonchev–Trinajstić information content (AvgIpc) is 2.96. The summed E-state index contributed by atoms with van der Waals surface area (Å²) in [5.74, 6) is -1.42. The third kappa shape index (κ3) is 6.86. The molecule has 8 nitrogen and oxygen atoms in total. The molecule has 4 aromatic rings. The Morgan fingerprint density at radius 2 is 1.64 bits per heavy atom. The van der Waals surface area contributed by atoms with Crippen LogP contribution in [0.1, 0.15) is 32.3 Å². The fraction of sp³-hybridized carbons (Fsp3) is 0.133. The Balaban J connectivity index is 1.81. The largest absolute Gasteiger partial charge is 0.495 e. The van der Waals surface area contributed by atoms with Crippen molar-refractivity contribution in [1.82, 2.24) is 4.57 Å². The van der Waals surface area contributed by atoms with Gasteiger partial charge in [0.2, 0.25) is 5.91 Å². The standard InChI is InChI=1S/C30H28B3ClN2O6/c1-42-25-16-36(26(37)15-23(25)22-14-19(34)9-12-21(22)27(38)30(31,32)33)24(13-17-5-3-2-4-6-17)28(39)35-20-10-7-18(8-11-20)29(40)41/h2-12,14-16,24H,13,31-33H2,1H3,(H,35,39)(H,40,41)/t24-/m1/s1. The molecule has 0 aliphatic rings. The SMILES string of the molecule is BC(B)(B)C(=O)c1ccc(Cl)cc1-c1cc(=O)n([C@H](Cc2ccccc2)C(=O)Nc2ccc(C(=O)O)cc2)cc1OC. The molecule has 0 saturated heterocycles. The van der Waals surface area contributed by atoms with Crippen LogP contribution in [0.3, 0.4) is 0 Å². The molecule has 0 spiro atoms. The van der Waals surface area contributed by atoms with Gasteiger partial charge in [-0.15, -0.1) is 0 Å². The van der Waals surface area contributed by atoms with Crippen molar-refractivity contribution < 1.29 is 24.2 Å². The summed E-state index contributed by atoms with van der Waals surface area (Å²) in [5, 5.41) is 11.7. The monoisotopic (exact) mass is 580 g/mol. The number of pyridine rings is 1. The Bertz CT molecular complexity index is 1700. The van der Waals surface area contributed by atoms with E-state index in [0.29, 0.717) is 27.4 Å². The molecule has 0 aliphatic carbocycles. The van der Waals surface area contributed by atoms with Crippen LogP contribution in [0.2, 0.25) is 10.1 Å². The van der Waals surface area contributed by atoms with E-state index in [1.807, 2.05) is 53.9 Å². The molecule has 1 heterocycles. The number of amides is 1. The summed E-state index contributed by atoms with van der Waals surface area (Å²) < 4.78 is 6.99. The number of benzene rings is 3. The van der Waals surface area contributed by atoms with Crippen molar-refractivity contribution >= 4 is 58.5 Å².